The second-order valence-corrected chi connectivity index (χ2v) is 9.55. The van der Waals surface area contributed by atoms with E-state index in [9.17, 15) is 9.90 Å². The van der Waals surface area contributed by atoms with Crippen molar-refractivity contribution >= 4 is 5.78 Å². The number of benzene rings is 1. The Labute approximate surface area is 169 Å². The Balaban J connectivity index is 1.95. The zero-order valence-electron chi connectivity index (χ0n) is 17.8. The highest BCUT2D eigenvalue weighted by Crippen LogP contribution is 2.49. The number of aryl methyl sites for hydroxylation is 1. The highest BCUT2D eigenvalue weighted by molar-refractivity contribution is 5.96. The monoisotopic (exact) mass is 378 g/mol. The second-order valence-electron chi connectivity index (χ2n) is 9.55. The third kappa shape index (κ3) is 3.15. The average Bonchev–Trinajstić information content (AvgIpc) is 2.68. The summed E-state index contributed by atoms with van der Waals surface area (Å²) >= 11 is 0. The molecule has 1 aromatic carbocycles. The SMILES string of the molecule is CC(C)C1=CC2=CCCCC2C(=O)C1c1c(C(C)C)cc2c(c1O)CCCC2. The van der Waals surface area contributed by atoms with Gasteiger partial charge < -0.3 is 5.11 Å². The third-order valence-electron chi connectivity index (χ3n) is 7.04. The fourth-order valence-electron chi connectivity index (χ4n) is 5.52. The molecular weight excluding hydrogens is 344 g/mol. The number of carbonyl (C=O) groups is 1. The first-order valence-corrected chi connectivity index (χ1v) is 11.2. The van der Waals surface area contributed by atoms with Crippen LogP contribution in [0.25, 0.3) is 0 Å². The van der Waals surface area contributed by atoms with Crippen molar-refractivity contribution in [3.05, 3.63) is 51.6 Å². The summed E-state index contributed by atoms with van der Waals surface area (Å²) in [6.45, 7) is 8.73. The van der Waals surface area contributed by atoms with Crippen LogP contribution in [0.3, 0.4) is 0 Å². The van der Waals surface area contributed by atoms with Crippen LogP contribution in [0.2, 0.25) is 0 Å². The largest absolute Gasteiger partial charge is 0.507 e. The van der Waals surface area contributed by atoms with Gasteiger partial charge >= 0.3 is 0 Å². The van der Waals surface area contributed by atoms with Gasteiger partial charge in [0.1, 0.15) is 5.75 Å². The van der Waals surface area contributed by atoms with Gasteiger partial charge in [0.15, 0.2) is 5.78 Å². The molecule has 2 unspecified atom stereocenters. The molecule has 2 nitrogen and oxygen atoms in total. The van der Waals surface area contributed by atoms with Crippen LogP contribution >= 0.6 is 0 Å². The third-order valence-corrected chi connectivity index (χ3v) is 7.04. The molecule has 0 saturated carbocycles. The van der Waals surface area contributed by atoms with Gasteiger partial charge in [-0.3, -0.25) is 4.79 Å². The molecule has 0 saturated heterocycles. The van der Waals surface area contributed by atoms with Gasteiger partial charge in [-0.2, -0.15) is 0 Å². The minimum atomic E-state index is -0.287. The molecular formula is C26H34O2. The first kappa shape index (κ1) is 19.5. The molecule has 0 fully saturated rings. The molecule has 0 heterocycles. The van der Waals surface area contributed by atoms with E-state index in [0.717, 1.165) is 49.7 Å². The topological polar surface area (TPSA) is 37.3 Å². The van der Waals surface area contributed by atoms with Crippen LogP contribution in [-0.4, -0.2) is 10.9 Å². The van der Waals surface area contributed by atoms with Crippen molar-refractivity contribution in [2.24, 2.45) is 11.8 Å². The van der Waals surface area contributed by atoms with Crippen molar-refractivity contribution in [3.63, 3.8) is 0 Å². The van der Waals surface area contributed by atoms with E-state index >= 15 is 0 Å². The molecule has 28 heavy (non-hydrogen) atoms. The van der Waals surface area contributed by atoms with Crippen LogP contribution in [0.15, 0.2) is 29.4 Å². The van der Waals surface area contributed by atoms with E-state index in [2.05, 4.69) is 45.9 Å². The molecule has 0 spiro atoms. The lowest BCUT2D eigenvalue weighted by molar-refractivity contribution is -0.123. The molecule has 0 aromatic heterocycles. The molecule has 2 heteroatoms. The van der Waals surface area contributed by atoms with Gasteiger partial charge in [0, 0.05) is 11.5 Å². The number of allylic oxidation sites excluding steroid dienone is 4. The van der Waals surface area contributed by atoms with Crippen LogP contribution < -0.4 is 0 Å². The van der Waals surface area contributed by atoms with Gasteiger partial charge in [-0.05, 0) is 79.0 Å². The summed E-state index contributed by atoms with van der Waals surface area (Å²) in [6.07, 6.45) is 12.0. The number of aromatic hydroxyl groups is 1. The smallest absolute Gasteiger partial charge is 0.151 e. The summed E-state index contributed by atoms with van der Waals surface area (Å²) in [6, 6.07) is 2.31. The maximum atomic E-state index is 13.8. The maximum absolute atomic E-state index is 13.8. The number of carbonyl (C=O) groups excluding carboxylic acids is 1. The Morgan fingerprint density at radius 2 is 1.79 bits per heavy atom. The lowest BCUT2D eigenvalue weighted by atomic mass is 9.66. The molecule has 1 N–H and O–H groups in total. The second kappa shape index (κ2) is 7.54. The summed E-state index contributed by atoms with van der Waals surface area (Å²) in [5, 5.41) is 11.4. The van der Waals surface area contributed by atoms with Crippen molar-refractivity contribution in [1.82, 2.24) is 0 Å². The first-order chi connectivity index (χ1) is 13.4. The van der Waals surface area contributed by atoms with E-state index in [4.69, 9.17) is 0 Å². The lowest BCUT2D eigenvalue weighted by Gasteiger charge is -2.37. The van der Waals surface area contributed by atoms with E-state index in [1.54, 1.807) is 0 Å². The summed E-state index contributed by atoms with van der Waals surface area (Å²) in [4.78, 5) is 13.8. The lowest BCUT2D eigenvalue weighted by Crippen LogP contribution is -2.32. The molecule has 4 rings (SSSR count). The zero-order chi connectivity index (χ0) is 20.0. The number of hydrogen-bond acceptors (Lipinski definition) is 2. The number of ketones is 1. The van der Waals surface area contributed by atoms with Crippen LogP contribution in [0.4, 0.5) is 0 Å². The van der Waals surface area contributed by atoms with Gasteiger partial charge in [-0.15, -0.1) is 0 Å². The maximum Gasteiger partial charge on any atom is 0.151 e. The Kier molecular flexibility index (Phi) is 5.24. The quantitative estimate of drug-likeness (QED) is 0.663. The van der Waals surface area contributed by atoms with Crippen LogP contribution in [0.5, 0.6) is 5.75 Å². The van der Waals surface area contributed by atoms with Gasteiger partial charge in [0.05, 0.1) is 5.92 Å². The summed E-state index contributed by atoms with van der Waals surface area (Å²) in [7, 11) is 0. The van der Waals surface area contributed by atoms with E-state index in [0.29, 0.717) is 11.5 Å². The van der Waals surface area contributed by atoms with Gasteiger partial charge in [0.25, 0.3) is 0 Å². The van der Waals surface area contributed by atoms with E-state index in [1.165, 1.54) is 28.7 Å². The van der Waals surface area contributed by atoms with Crippen molar-refractivity contribution in [2.75, 3.05) is 0 Å². The summed E-state index contributed by atoms with van der Waals surface area (Å²) in [5.74, 6) is 1.03. The standard InChI is InChI=1S/C26H34O2/c1-15(2)21-13-17-9-5-7-11-19(17)25(27)23(21)24-22(16(3)4)14-18-10-6-8-12-20(18)26(24)28/h9,13-16,19,23,28H,5-8,10-12H2,1-4H3. The van der Waals surface area contributed by atoms with Crippen molar-refractivity contribution < 1.29 is 9.90 Å². The fourth-order valence-corrected chi connectivity index (χ4v) is 5.52. The van der Waals surface area contributed by atoms with Crippen molar-refractivity contribution in [2.45, 2.75) is 84.5 Å². The number of Topliss-reactive ketones (excluding diaryl/α,β-unsaturated/α-hetero) is 1. The van der Waals surface area contributed by atoms with E-state index in [-0.39, 0.29) is 23.7 Å². The molecule has 0 bridgehead atoms. The Morgan fingerprint density at radius 3 is 2.50 bits per heavy atom. The molecule has 1 aromatic rings. The van der Waals surface area contributed by atoms with Crippen molar-refractivity contribution in [1.29, 1.82) is 0 Å². The highest BCUT2D eigenvalue weighted by atomic mass is 16.3. The number of hydrogen-bond donors (Lipinski definition) is 1. The molecule has 150 valence electrons. The first-order valence-electron chi connectivity index (χ1n) is 11.2. The van der Waals surface area contributed by atoms with Gasteiger partial charge in [0.2, 0.25) is 0 Å². The van der Waals surface area contributed by atoms with E-state index < -0.39 is 0 Å². The van der Waals surface area contributed by atoms with Crippen LogP contribution in [0.1, 0.15) is 93.9 Å². The minimum absolute atomic E-state index is 0.0108. The zero-order valence-corrected chi connectivity index (χ0v) is 17.8. The Hall–Kier alpha value is -1.83. The predicted octanol–water partition coefficient (Wildman–Crippen LogP) is 6.37. The molecule has 0 aliphatic heterocycles. The number of rotatable bonds is 3. The predicted molar refractivity (Wildman–Crippen MR) is 115 cm³/mol. The molecule has 3 aliphatic rings. The van der Waals surface area contributed by atoms with Crippen LogP contribution in [-0.2, 0) is 17.6 Å². The molecule has 2 atom stereocenters. The number of fused-ring (bicyclic) bond motifs is 2. The molecule has 3 aliphatic carbocycles. The normalized spacial score (nSPS) is 24.7. The number of phenols is 1. The minimum Gasteiger partial charge on any atom is -0.507 e. The molecule has 0 amide bonds. The van der Waals surface area contributed by atoms with Gasteiger partial charge in [-0.25, -0.2) is 0 Å². The van der Waals surface area contributed by atoms with Crippen molar-refractivity contribution in [3.8, 4) is 5.75 Å². The van der Waals surface area contributed by atoms with Gasteiger partial charge in [-0.1, -0.05) is 51.5 Å². The highest BCUT2D eigenvalue weighted by Gasteiger charge is 2.41. The average molecular weight is 379 g/mol. The number of phenolic OH excluding ortho intramolecular Hbond substituents is 1. The van der Waals surface area contributed by atoms with E-state index in [1.807, 2.05) is 0 Å². The Bertz CT molecular complexity index is 854. The summed E-state index contributed by atoms with van der Waals surface area (Å²) < 4.78 is 0. The van der Waals surface area contributed by atoms with Crippen LogP contribution in [0, 0.1) is 11.8 Å². The Morgan fingerprint density at radius 1 is 1.04 bits per heavy atom. The molecule has 0 radical (unpaired) electrons. The fraction of sp³-hybridized carbons (Fsp3) is 0.577. The summed E-state index contributed by atoms with van der Waals surface area (Å²) in [5.41, 5.74) is 6.90.